The first kappa shape index (κ1) is 15.2. The van der Waals surface area contributed by atoms with Gasteiger partial charge in [-0.05, 0) is 38.7 Å². The smallest absolute Gasteiger partial charge is 0.251 e. The molecular formula is C17H21N3O. The van der Waals surface area contributed by atoms with Gasteiger partial charge in [0.25, 0.3) is 5.91 Å². The van der Waals surface area contributed by atoms with Gasteiger partial charge in [-0.3, -0.25) is 9.78 Å². The third-order valence-electron chi connectivity index (χ3n) is 3.71. The first-order valence-corrected chi connectivity index (χ1v) is 6.98. The van der Waals surface area contributed by atoms with E-state index >= 15 is 0 Å². The molecule has 110 valence electrons. The summed E-state index contributed by atoms with van der Waals surface area (Å²) in [6.07, 6.45) is 1.66. The van der Waals surface area contributed by atoms with E-state index in [-0.39, 0.29) is 5.91 Å². The molecule has 0 unspecified atom stereocenters. The van der Waals surface area contributed by atoms with Crippen LogP contribution in [0.15, 0.2) is 42.6 Å². The second-order valence-electron chi connectivity index (χ2n) is 5.27. The van der Waals surface area contributed by atoms with Crippen molar-refractivity contribution in [3.8, 4) is 11.3 Å². The lowest BCUT2D eigenvalue weighted by atomic mass is 10.0. The predicted octanol–water partition coefficient (Wildman–Crippen LogP) is 2.73. The predicted molar refractivity (Wildman–Crippen MR) is 85.2 cm³/mol. The van der Waals surface area contributed by atoms with Gasteiger partial charge in [-0.1, -0.05) is 24.3 Å². The minimum absolute atomic E-state index is 0.100. The molecule has 21 heavy (non-hydrogen) atoms. The van der Waals surface area contributed by atoms with Crippen LogP contribution in [0, 0.1) is 0 Å². The summed E-state index contributed by atoms with van der Waals surface area (Å²) in [5, 5.41) is 2.62. The van der Waals surface area contributed by atoms with Gasteiger partial charge in [0.05, 0.1) is 5.69 Å². The minimum atomic E-state index is -0.100. The molecule has 2 rings (SSSR count). The number of amides is 1. The van der Waals surface area contributed by atoms with Crippen molar-refractivity contribution in [1.29, 1.82) is 0 Å². The van der Waals surface area contributed by atoms with Gasteiger partial charge in [0.2, 0.25) is 0 Å². The van der Waals surface area contributed by atoms with Crippen molar-refractivity contribution in [3.05, 3.63) is 53.7 Å². The Morgan fingerprint density at radius 2 is 1.86 bits per heavy atom. The molecule has 0 saturated heterocycles. The quantitative estimate of drug-likeness (QED) is 0.938. The largest absolute Gasteiger partial charge is 0.355 e. The highest BCUT2D eigenvalue weighted by atomic mass is 16.1. The highest BCUT2D eigenvalue weighted by molar-refractivity contribution is 5.94. The summed E-state index contributed by atoms with van der Waals surface area (Å²) in [5.41, 5.74) is 3.69. The number of pyridine rings is 1. The van der Waals surface area contributed by atoms with Crippen molar-refractivity contribution in [2.24, 2.45) is 0 Å². The fourth-order valence-corrected chi connectivity index (χ4v) is 2.10. The Balaban J connectivity index is 2.29. The number of rotatable bonds is 4. The molecule has 2 aromatic rings. The van der Waals surface area contributed by atoms with Crippen molar-refractivity contribution < 1.29 is 4.79 Å². The van der Waals surface area contributed by atoms with Gasteiger partial charge >= 0.3 is 0 Å². The monoisotopic (exact) mass is 283 g/mol. The first-order chi connectivity index (χ1) is 10.0. The van der Waals surface area contributed by atoms with Gasteiger partial charge in [0, 0.05) is 30.4 Å². The van der Waals surface area contributed by atoms with E-state index < -0.39 is 0 Å². The van der Waals surface area contributed by atoms with Gasteiger partial charge in [0.15, 0.2) is 0 Å². The molecule has 1 heterocycles. The fraction of sp³-hybridized carbons (Fsp3) is 0.294. The van der Waals surface area contributed by atoms with Crippen LogP contribution in [0.2, 0.25) is 0 Å². The van der Waals surface area contributed by atoms with E-state index in [1.807, 2.05) is 18.2 Å². The van der Waals surface area contributed by atoms with Gasteiger partial charge < -0.3 is 10.2 Å². The summed E-state index contributed by atoms with van der Waals surface area (Å²) < 4.78 is 0. The molecule has 1 N–H and O–H groups in total. The zero-order chi connectivity index (χ0) is 15.4. The van der Waals surface area contributed by atoms with E-state index in [0.29, 0.717) is 11.6 Å². The topological polar surface area (TPSA) is 45.2 Å². The van der Waals surface area contributed by atoms with Crippen LogP contribution >= 0.6 is 0 Å². The molecule has 0 aliphatic heterocycles. The zero-order valence-corrected chi connectivity index (χ0v) is 12.9. The lowest BCUT2D eigenvalue weighted by Gasteiger charge is -2.20. The van der Waals surface area contributed by atoms with Crippen LogP contribution in [-0.2, 0) is 0 Å². The van der Waals surface area contributed by atoms with Gasteiger partial charge in [0.1, 0.15) is 0 Å². The fourth-order valence-electron chi connectivity index (χ4n) is 2.10. The van der Waals surface area contributed by atoms with E-state index in [0.717, 1.165) is 11.3 Å². The third kappa shape index (κ3) is 3.47. The molecule has 1 atom stereocenters. The summed E-state index contributed by atoms with van der Waals surface area (Å²) in [6, 6.07) is 12.2. The van der Waals surface area contributed by atoms with Crippen LogP contribution in [0.1, 0.15) is 28.9 Å². The molecule has 0 fully saturated rings. The molecule has 0 saturated carbocycles. The normalized spacial score (nSPS) is 12.2. The van der Waals surface area contributed by atoms with E-state index in [2.05, 4.69) is 48.4 Å². The Morgan fingerprint density at radius 3 is 2.43 bits per heavy atom. The Morgan fingerprint density at radius 1 is 1.19 bits per heavy atom. The van der Waals surface area contributed by atoms with Crippen molar-refractivity contribution in [2.45, 2.75) is 13.0 Å². The molecule has 0 bridgehead atoms. The van der Waals surface area contributed by atoms with Gasteiger partial charge in [-0.15, -0.1) is 0 Å². The number of aromatic nitrogens is 1. The van der Waals surface area contributed by atoms with E-state index in [4.69, 9.17) is 0 Å². The number of nitrogens with zero attached hydrogens (tertiary/aromatic N) is 2. The van der Waals surface area contributed by atoms with Crippen LogP contribution in [0.3, 0.4) is 0 Å². The van der Waals surface area contributed by atoms with Gasteiger partial charge in [-0.25, -0.2) is 0 Å². The van der Waals surface area contributed by atoms with Crippen molar-refractivity contribution in [1.82, 2.24) is 15.2 Å². The Kier molecular flexibility index (Phi) is 4.70. The number of hydrogen-bond acceptors (Lipinski definition) is 3. The first-order valence-electron chi connectivity index (χ1n) is 6.98. The summed E-state index contributed by atoms with van der Waals surface area (Å²) >= 11 is 0. The average Bonchev–Trinajstić information content (AvgIpc) is 2.53. The Labute approximate surface area is 125 Å². The minimum Gasteiger partial charge on any atom is -0.355 e. The van der Waals surface area contributed by atoms with Crippen molar-refractivity contribution in [3.63, 3.8) is 0 Å². The zero-order valence-electron chi connectivity index (χ0n) is 12.9. The molecule has 1 aromatic heterocycles. The molecule has 0 radical (unpaired) electrons. The summed E-state index contributed by atoms with van der Waals surface area (Å²) in [7, 11) is 5.75. The van der Waals surface area contributed by atoms with Crippen LogP contribution in [0.5, 0.6) is 0 Å². The molecular weight excluding hydrogens is 262 g/mol. The van der Waals surface area contributed by atoms with Crippen LogP contribution < -0.4 is 5.32 Å². The Bertz CT molecular complexity index is 620. The van der Waals surface area contributed by atoms with Crippen molar-refractivity contribution >= 4 is 5.91 Å². The van der Waals surface area contributed by atoms with E-state index in [9.17, 15) is 4.79 Å². The van der Waals surface area contributed by atoms with Crippen LogP contribution in [-0.4, -0.2) is 36.9 Å². The third-order valence-corrected chi connectivity index (χ3v) is 3.71. The molecule has 1 aromatic carbocycles. The second kappa shape index (κ2) is 6.50. The highest BCUT2D eigenvalue weighted by Crippen LogP contribution is 2.22. The van der Waals surface area contributed by atoms with Crippen molar-refractivity contribution in [2.75, 3.05) is 21.1 Å². The van der Waals surface area contributed by atoms with Crippen LogP contribution in [0.4, 0.5) is 0 Å². The number of nitrogens with one attached hydrogen (secondary N) is 1. The standard InChI is InChI=1S/C17H21N3O/c1-12(20(3)4)13-5-7-14(8-6-13)16-11-15(9-10-19-16)17(21)18-2/h5-12H,1-4H3,(H,18,21)/t12-/m1/s1. The maximum atomic E-state index is 11.7. The number of hydrogen-bond donors (Lipinski definition) is 1. The Hall–Kier alpha value is -2.20. The molecule has 4 heteroatoms. The average molecular weight is 283 g/mol. The summed E-state index contributed by atoms with van der Waals surface area (Å²) in [5.74, 6) is -0.100. The number of carbonyl (C=O) groups is 1. The molecule has 4 nitrogen and oxygen atoms in total. The highest BCUT2D eigenvalue weighted by Gasteiger charge is 2.09. The molecule has 0 aliphatic rings. The summed E-state index contributed by atoms with van der Waals surface area (Å²) in [4.78, 5) is 18.2. The molecule has 0 spiro atoms. The lowest BCUT2D eigenvalue weighted by Crippen LogP contribution is -2.17. The van der Waals surface area contributed by atoms with E-state index in [1.54, 1.807) is 19.3 Å². The summed E-state index contributed by atoms with van der Waals surface area (Å²) in [6.45, 7) is 2.17. The maximum Gasteiger partial charge on any atom is 0.251 e. The van der Waals surface area contributed by atoms with Crippen LogP contribution in [0.25, 0.3) is 11.3 Å². The number of carbonyl (C=O) groups excluding carboxylic acids is 1. The van der Waals surface area contributed by atoms with Gasteiger partial charge in [-0.2, -0.15) is 0 Å². The SMILES string of the molecule is CNC(=O)c1ccnc(-c2ccc([C@@H](C)N(C)C)cc2)c1. The number of benzene rings is 1. The molecule has 1 amide bonds. The second-order valence-corrected chi connectivity index (χ2v) is 5.27. The molecule has 0 aliphatic carbocycles. The maximum absolute atomic E-state index is 11.7. The van der Waals surface area contributed by atoms with E-state index in [1.165, 1.54) is 5.56 Å². The lowest BCUT2D eigenvalue weighted by molar-refractivity contribution is 0.0963.